The molecule has 0 atom stereocenters. The minimum Gasteiger partial charge on any atom is -0.478 e. The van der Waals surface area contributed by atoms with Crippen molar-refractivity contribution in [3.05, 3.63) is 56.1 Å². The van der Waals surface area contributed by atoms with Crippen molar-refractivity contribution in [3.8, 4) is 0 Å². The molecule has 0 unspecified atom stereocenters. The van der Waals surface area contributed by atoms with E-state index in [1.807, 2.05) is 0 Å². The van der Waals surface area contributed by atoms with Crippen molar-refractivity contribution in [1.82, 2.24) is 0 Å². The lowest BCUT2D eigenvalue weighted by Crippen LogP contribution is -2.10. The molecule has 0 heterocycles. The summed E-state index contributed by atoms with van der Waals surface area (Å²) in [5.74, 6) is -3.77. The van der Waals surface area contributed by atoms with Gasteiger partial charge in [0.1, 0.15) is 11.5 Å². The Morgan fingerprint density at radius 1 is 1.35 bits per heavy atom. The van der Waals surface area contributed by atoms with Crippen LogP contribution in [0.1, 0.15) is 10.4 Å². The Morgan fingerprint density at radius 3 is 2.52 bits per heavy atom. The van der Waals surface area contributed by atoms with Crippen LogP contribution in [0.15, 0.2) is 28.7 Å². The van der Waals surface area contributed by atoms with Gasteiger partial charge in [-0.15, -0.1) is 0 Å². The predicted octanol–water partition coefficient (Wildman–Crippen LogP) is 3.66. The van der Waals surface area contributed by atoms with Crippen molar-refractivity contribution in [2.24, 2.45) is 0 Å². The monoisotopic (exact) mass is 387 g/mol. The first-order chi connectivity index (χ1) is 10.7. The quantitative estimate of drug-likeness (QED) is 0.418. The smallest absolute Gasteiger partial charge is 0.338 e. The Balaban J connectivity index is 2.63. The van der Waals surface area contributed by atoms with Gasteiger partial charge < -0.3 is 16.2 Å². The van der Waals surface area contributed by atoms with Gasteiger partial charge in [0, 0.05) is 10.5 Å². The number of carbonyl (C=O) groups is 1. The number of nitrogens with two attached hydrogens (primary N) is 1. The lowest BCUT2D eigenvalue weighted by atomic mass is 10.1. The minimum atomic E-state index is -1.63. The van der Waals surface area contributed by atoms with E-state index in [0.29, 0.717) is 10.5 Å². The molecule has 120 valence electrons. The molecule has 0 radical (unpaired) electrons. The summed E-state index contributed by atoms with van der Waals surface area (Å²) in [6.07, 6.45) is 0. The number of rotatable bonds is 4. The summed E-state index contributed by atoms with van der Waals surface area (Å²) >= 11 is 3.04. The highest BCUT2D eigenvalue weighted by molar-refractivity contribution is 9.10. The van der Waals surface area contributed by atoms with Gasteiger partial charge in [-0.25, -0.2) is 13.6 Å². The number of anilines is 3. The van der Waals surface area contributed by atoms with E-state index >= 15 is 0 Å². The topological polar surface area (TPSA) is 118 Å². The van der Waals surface area contributed by atoms with E-state index in [1.54, 1.807) is 0 Å². The van der Waals surface area contributed by atoms with Crippen molar-refractivity contribution in [2.75, 3.05) is 11.1 Å². The molecule has 2 aromatic rings. The van der Waals surface area contributed by atoms with Gasteiger partial charge in [0.15, 0.2) is 5.82 Å². The van der Waals surface area contributed by atoms with Gasteiger partial charge in [-0.3, -0.25) is 10.1 Å². The molecule has 7 nitrogen and oxygen atoms in total. The molecule has 0 amide bonds. The Bertz CT molecular complexity index is 829. The molecule has 23 heavy (non-hydrogen) atoms. The summed E-state index contributed by atoms with van der Waals surface area (Å²) in [6.45, 7) is 0. The van der Waals surface area contributed by atoms with Crippen LogP contribution in [-0.2, 0) is 0 Å². The molecule has 0 aliphatic carbocycles. The van der Waals surface area contributed by atoms with E-state index in [2.05, 4.69) is 21.2 Å². The van der Waals surface area contributed by atoms with Crippen LogP contribution in [0.5, 0.6) is 0 Å². The predicted molar refractivity (Wildman–Crippen MR) is 81.8 cm³/mol. The van der Waals surface area contributed by atoms with E-state index < -0.39 is 45.2 Å². The average molecular weight is 388 g/mol. The van der Waals surface area contributed by atoms with E-state index in [-0.39, 0.29) is 5.69 Å². The number of nitrogen functional groups attached to an aromatic ring is 1. The van der Waals surface area contributed by atoms with Gasteiger partial charge in [0.25, 0.3) is 5.69 Å². The molecule has 0 aliphatic heterocycles. The van der Waals surface area contributed by atoms with Crippen molar-refractivity contribution in [1.29, 1.82) is 0 Å². The largest absolute Gasteiger partial charge is 0.478 e. The second kappa shape index (κ2) is 6.16. The molecule has 4 N–H and O–H groups in total. The molecule has 0 spiro atoms. The number of aromatic carboxylic acids is 1. The fourth-order valence-corrected chi connectivity index (χ4v) is 2.15. The first kappa shape index (κ1) is 16.6. The van der Waals surface area contributed by atoms with Crippen molar-refractivity contribution < 1.29 is 23.6 Å². The minimum absolute atomic E-state index is 0.220. The molecule has 0 bridgehead atoms. The molecule has 0 saturated heterocycles. The van der Waals surface area contributed by atoms with Gasteiger partial charge in [-0.2, -0.15) is 0 Å². The Labute approximate surface area is 136 Å². The van der Waals surface area contributed by atoms with Crippen molar-refractivity contribution >= 4 is 44.6 Å². The molecule has 0 aromatic heterocycles. The number of nitrogens with one attached hydrogen (secondary N) is 1. The highest BCUT2D eigenvalue weighted by atomic mass is 79.9. The first-order valence-electron chi connectivity index (χ1n) is 5.94. The number of benzene rings is 2. The fourth-order valence-electron chi connectivity index (χ4n) is 1.82. The Hall–Kier alpha value is -2.75. The zero-order valence-corrected chi connectivity index (χ0v) is 12.7. The zero-order valence-electron chi connectivity index (χ0n) is 11.1. The van der Waals surface area contributed by atoms with E-state index in [1.165, 1.54) is 12.1 Å². The third-order valence-electron chi connectivity index (χ3n) is 2.90. The van der Waals surface area contributed by atoms with E-state index in [4.69, 9.17) is 10.8 Å². The number of nitro groups is 1. The number of nitro benzene ring substituents is 1. The highest BCUT2D eigenvalue weighted by Crippen LogP contribution is 2.35. The molecule has 10 heteroatoms. The van der Waals surface area contributed by atoms with Gasteiger partial charge in [0.2, 0.25) is 0 Å². The molecule has 2 rings (SSSR count). The summed E-state index contributed by atoms with van der Waals surface area (Å²) < 4.78 is 28.5. The number of nitrogens with zero attached hydrogens (tertiary/aromatic N) is 1. The van der Waals surface area contributed by atoms with Crippen LogP contribution < -0.4 is 11.1 Å². The summed E-state index contributed by atoms with van der Waals surface area (Å²) in [7, 11) is 0. The van der Waals surface area contributed by atoms with Gasteiger partial charge in [0.05, 0.1) is 21.9 Å². The third-order valence-corrected chi connectivity index (χ3v) is 3.39. The molecule has 0 aliphatic rings. The van der Waals surface area contributed by atoms with Crippen LogP contribution in [0, 0.1) is 21.7 Å². The molecular formula is C13H8BrF2N3O4. The number of hydrogen-bond acceptors (Lipinski definition) is 5. The molecule has 0 saturated carbocycles. The molecule has 0 fully saturated rings. The Kier molecular flexibility index (Phi) is 4.45. The van der Waals surface area contributed by atoms with Crippen LogP contribution in [0.2, 0.25) is 0 Å². The first-order valence-corrected chi connectivity index (χ1v) is 6.73. The summed E-state index contributed by atoms with van der Waals surface area (Å²) in [4.78, 5) is 21.0. The van der Waals surface area contributed by atoms with Crippen LogP contribution in [-0.4, -0.2) is 16.0 Å². The SMILES string of the molecule is Nc1c([N+](=O)[O-])cc(C(=O)O)c(Nc2ccc(Br)cc2F)c1F. The highest BCUT2D eigenvalue weighted by Gasteiger charge is 2.26. The Morgan fingerprint density at radius 2 is 2.00 bits per heavy atom. The van der Waals surface area contributed by atoms with Crippen LogP contribution in [0.25, 0.3) is 0 Å². The summed E-state index contributed by atoms with van der Waals surface area (Å²) in [5.41, 5.74) is 1.95. The maximum absolute atomic E-state index is 14.3. The van der Waals surface area contributed by atoms with Crippen LogP contribution in [0.4, 0.5) is 31.5 Å². The van der Waals surface area contributed by atoms with Crippen molar-refractivity contribution in [3.63, 3.8) is 0 Å². The van der Waals surface area contributed by atoms with Crippen LogP contribution in [0.3, 0.4) is 0 Å². The van der Waals surface area contributed by atoms with Crippen LogP contribution >= 0.6 is 15.9 Å². The number of carboxylic acids is 1. The second-order valence-corrected chi connectivity index (χ2v) is 5.27. The maximum Gasteiger partial charge on any atom is 0.338 e. The molecule has 2 aromatic carbocycles. The second-order valence-electron chi connectivity index (χ2n) is 4.36. The van der Waals surface area contributed by atoms with E-state index in [9.17, 15) is 23.7 Å². The van der Waals surface area contributed by atoms with E-state index in [0.717, 1.165) is 6.07 Å². The number of hydrogen-bond donors (Lipinski definition) is 3. The third kappa shape index (κ3) is 3.21. The summed E-state index contributed by atoms with van der Waals surface area (Å²) in [5, 5.41) is 22.2. The summed E-state index contributed by atoms with van der Waals surface area (Å²) in [6, 6.07) is 4.37. The normalized spacial score (nSPS) is 10.4. The standard InChI is InChI=1S/C13H8BrF2N3O4/c14-5-1-2-8(7(15)3-5)18-12-6(13(20)21)4-9(19(22)23)11(17)10(12)16/h1-4,18H,17H2,(H,20,21). The van der Waals surface area contributed by atoms with Gasteiger partial charge in [-0.05, 0) is 18.2 Å². The zero-order chi connectivity index (χ0) is 17.3. The number of halogens is 3. The van der Waals surface area contributed by atoms with Gasteiger partial charge in [-0.1, -0.05) is 15.9 Å². The fraction of sp³-hybridized carbons (Fsp3) is 0. The number of carboxylic acid groups (broad SMARTS) is 1. The maximum atomic E-state index is 14.3. The van der Waals surface area contributed by atoms with Crippen molar-refractivity contribution in [2.45, 2.75) is 0 Å². The lowest BCUT2D eigenvalue weighted by Gasteiger charge is -2.13. The molecular weight excluding hydrogens is 380 g/mol. The lowest BCUT2D eigenvalue weighted by molar-refractivity contribution is -0.384. The average Bonchev–Trinajstić information content (AvgIpc) is 2.45. The van der Waals surface area contributed by atoms with Gasteiger partial charge >= 0.3 is 5.97 Å².